The van der Waals surface area contributed by atoms with Crippen molar-refractivity contribution in [1.82, 2.24) is 4.98 Å². The SMILES string of the molecule is O=C(COc1ccc(Cl)cc1Cl)Nc1nc(C23CC4CC(CC(C4)C2)C3)cs1. The molecule has 0 aliphatic heterocycles. The summed E-state index contributed by atoms with van der Waals surface area (Å²) in [6.45, 7) is -0.117. The number of halogens is 2. The first-order valence-corrected chi connectivity index (χ1v) is 11.5. The van der Waals surface area contributed by atoms with E-state index >= 15 is 0 Å². The Hall–Kier alpha value is -1.30. The van der Waals surface area contributed by atoms with Crippen LogP contribution in [0.5, 0.6) is 5.75 Å². The minimum atomic E-state index is -0.238. The fourth-order valence-electron chi connectivity index (χ4n) is 5.89. The van der Waals surface area contributed by atoms with Crippen molar-refractivity contribution in [2.45, 2.75) is 43.9 Å². The number of carbonyl (C=O) groups is 1. The van der Waals surface area contributed by atoms with Crippen LogP contribution in [-0.2, 0) is 10.2 Å². The van der Waals surface area contributed by atoms with E-state index in [1.54, 1.807) is 18.2 Å². The zero-order valence-electron chi connectivity index (χ0n) is 15.4. The van der Waals surface area contributed by atoms with E-state index in [-0.39, 0.29) is 17.9 Å². The second-order valence-electron chi connectivity index (χ2n) is 8.65. The number of hydrogen-bond acceptors (Lipinski definition) is 4. The lowest BCUT2D eigenvalue weighted by Crippen LogP contribution is -2.48. The molecule has 4 saturated carbocycles. The molecular weight excluding hydrogens is 415 g/mol. The van der Waals surface area contributed by atoms with Gasteiger partial charge in [0, 0.05) is 15.8 Å². The van der Waals surface area contributed by atoms with Crippen molar-refractivity contribution < 1.29 is 9.53 Å². The Kier molecular flexibility index (Phi) is 4.80. The van der Waals surface area contributed by atoms with Crippen LogP contribution in [0.4, 0.5) is 5.13 Å². The summed E-state index contributed by atoms with van der Waals surface area (Å²) in [5, 5.41) is 6.59. The number of hydrogen-bond donors (Lipinski definition) is 1. The number of aromatic nitrogens is 1. The highest BCUT2D eigenvalue weighted by atomic mass is 35.5. The largest absolute Gasteiger partial charge is 0.482 e. The molecule has 1 aromatic carbocycles. The van der Waals surface area contributed by atoms with Gasteiger partial charge in [-0.2, -0.15) is 0 Å². The number of rotatable bonds is 5. The van der Waals surface area contributed by atoms with E-state index in [1.165, 1.54) is 55.6 Å². The van der Waals surface area contributed by atoms with Crippen molar-refractivity contribution in [2.75, 3.05) is 11.9 Å². The Balaban J connectivity index is 1.23. The fourth-order valence-corrected chi connectivity index (χ4v) is 7.20. The lowest BCUT2D eigenvalue weighted by Gasteiger charge is -2.56. The Bertz CT molecular complexity index is 878. The molecule has 1 amide bonds. The first-order valence-electron chi connectivity index (χ1n) is 9.83. The van der Waals surface area contributed by atoms with Crippen LogP contribution in [0.2, 0.25) is 10.0 Å². The van der Waals surface area contributed by atoms with Gasteiger partial charge in [0.15, 0.2) is 11.7 Å². The van der Waals surface area contributed by atoms with Crippen LogP contribution >= 0.6 is 34.5 Å². The van der Waals surface area contributed by atoms with Crippen molar-refractivity contribution in [3.63, 3.8) is 0 Å². The third kappa shape index (κ3) is 3.53. The molecule has 0 saturated heterocycles. The van der Waals surface area contributed by atoms with Gasteiger partial charge in [0.05, 0.1) is 10.7 Å². The molecular formula is C21H22Cl2N2O2S. The maximum Gasteiger partial charge on any atom is 0.264 e. The zero-order chi connectivity index (χ0) is 19.3. The minimum Gasteiger partial charge on any atom is -0.482 e. The van der Waals surface area contributed by atoms with E-state index in [9.17, 15) is 4.79 Å². The molecule has 7 heteroatoms. The van der Waals surface area contributed by atoms with Crippen molar-refractivity contribution in [1.29, 1.82) is 0 Å². The third-order valence-electron chi connectivity index (χ3n) is 6.58. The molecule has 1 N–H and O–H groups in total. The summed E-state index contributed by atoms with van der Waals surface area (Å²) in [7, 11) is 0. The monoisotopic (exact) mass is 436 g/mol. The molecule has 4 aliphatic rings. The Morgan fingerprint density at radius 2 is 1.86 bits per heavy atom. The van der Waals surface area contributed by atoms with Crippen LogP contribution in [0.25, 0.3) is 0 Å². The number of thiazole rings is 1. The third-order valence-corrected chi connectivity index (χ3v) is 7.87. The van der Waals surface area contributed by atoms with Gasteiger partial charge in [-0.05, 0) is 74.5 Å². The number of carbonyl (C=O) groups excluding carboxylic acids is 1. The molecule has 1 heterocycles. The highest BCUT2D eigenvalue weighted by molar-refractivity contribution is 7.14. The smallest absolute Gasteiger partial charge is 0.264 e. The fraction of sp³-hybridized carbons (Fsp3) is 0.524. The Labute approximate surface area is 178 Å². The topological polar surface area (TPSA) is 51.2 Å². The minimum absolute atomic E-state index is 0.117. The Morgan fingerprint density at radius 3 is 2.50 bits per heavy atom. The van der Waals surface area contributed by atoms with Gasteiger partial charge >= 0.3 is 0 Å². The molecule has 4 fully saturated rings. The van der Waals surface area contributed by atoms with Crippen molar-refractivity contribution in [2.24, 2.45) is 17.8 Å². The van der Waals surface area contributed by atoms with Crippen LogP contribution < -0.4 is 10.1 Å². The Morgan fingerprint density at radius 1 is 1.18 bits per heavy atom. The van der Waals surface area contributed by atoms with E-state index in [0.717, 1.165) is 17.8 Å². The molecule has 0 atom stereocenters. The lowest BCUT2D eigenvalue weighted by atomic mass is 9.49. The molecule has 4 bridgehead atoms. The van der Waals surface area contributed by atoms with Crippen LogP contribution in [-0.4, -0.2) is 17.5 Å². The maximum atomic E-state index is 12.3. The highest BCUT2D eigenvalue weighted by Crippen LogP contribution is 2.60. The average Bonchev–Trinajstić information content (AvgIpc) is 3.09. The highest BCUT2D eigenvalue weighted by Gasteiger charge is 2.52. The predicted octanol–water partition coefficient (Wildman–Crippen LogP) is 5.94. The van der Waals surface area contributed by atoms with Crippen molar-refractivity contribution in [3.05, 3.63) is 39.3 Å². The van der Waals surface area contributed by atoms with E-state index in [1.807, 2.05) is 0 Å². The van der Waals surface area contributed by atoms with E-state index in [2.05, 4.69) is 10.7 Å². The molecule has 0 radical (unpaired) electrons. The summed E-state index contributed by atoms with van der Waals surface area (Å²) >= 11 is 13.5. The predicted molar refractivity (Wildman–Crippen MR) is 113 cm³/mol. The molecule has 28 heavy (non-hydrogen) atoms. The van der Waals surface area contributed by atoms with Gasteiger partial charge < -0.3 is 4.74 Å². The standard InChI is InChI=1S/C21H22Cl2N2O2S/c22-15-1-2-17(16(23)6-15)27-10-19(26)25-20-24-18(11-28-20)21-7-12-3-13(8-21)5-14(4-12)9-21/h1-2,6,11-14H,3-5,7-10H2,(H,24,25,26). The van der Waals surface area contributed by atoms with Crippen molar-refractivity contribution in [3.8, 4) is 5.75 Å². The second-order valence-corrected chi connectivity index (χ2v) is 10.3. The molecule has 1 aromatic heterocycles. The second kappa shape index (κ2) is 7.19. The number of nitrogens with zero attached hydrogens (tertiary/aromatic N) is 1. The molecule has 148 valence electrons. The molecule has 2 aromatic rings. The first-order chi connectivity index (χ1) is 13.5. The molecule has 0 spiro atoms. The number of anilines is 1. The summed E-state index contributed by atoms with van der Waals surface area (Å²) in [5.74, 6) is 2.84. The van der Waals surface area contributed by atoms with Gasteiger partial charge in [-0.25, -0.2) is 4.98 Å². The van der Waals surface area contributed by atoms with Crippen LogP contribution in [0, 0.1) is 17.8 Å². The summed E-state index contributed by atoms with van der Waals surface area (Å²) in [5.41, 5.74) is 1.44. The number of nitrogens with one attached hydrogen (secondary N) is 1. The molecule has 4 aliphatic carbocycles. The average molecular weight is 437 g/mol. The maximum absolute atomic E-state index is 12.3. The van der Waals surface area contributed by atoms with Gasteiger partial charge in [0.25, 0.3) is 5.91 Å². The molecule has 0 unspecified atom stereocenters. The van der Waals surface area contributed by atoms with E-state index in [0.29, 0.717) is 20.9 Å². The molecule has 4 nitrogen and oxygen atoms in total. The van der Waals surface area contributed by atoms with E-state index < -0.39 is 0 Å². The summed E-state index contributed by atoms with van der Waals surface area (Å²) in [4.78, 5) is 17.1. The van der Waals surface area contributed by atoms with Gasteiger partial charge in [-0.3, -0.25) is 10.1 Å². The van der Waals surface area contributed by atoms with Crippen LogP contribution in [0.1, 0.15) is 44.2 Å². The molecule has 6 rings (SSSR count). The summed E-state index contributed by atoms with van der Waals surface area (Å²) in [6.07, 6.45) is 8.06. The van der Waals surface area contributed by atoms with E-state index in [4.69, 9.17) is 32.9 Å². The van der Waals surface area contributed by atoms with Gasteiger partial charge in [-0.15, -0.1) is 11.3 Å². The van der Waals surface area contributed by atoms with Crippen LogP contribution in [0.3, 0.4) is 0 Å². The van der Waals surface area contributed by atoms with Gasteiger partial charge in [-0.1, -0.05) is 23.2 Å². The summed E-state index contributed by atoms with van der Waals surface area (Å²) in [6, 6.07) is 4.93. The number of ether oxygens (including phenoxy) is 1. The normalized spacial score (nSPS) is 30.4. The van der Waals surface area contributed by atoms with Gasteiger partial charge in [0.1, 0.15) is 5.75 Å². The quantitative estimate of drug-likeness (QED) is 0.630. The first kappa shape index (κ1) is 18.7. The summed E-state index contributed by atoms with van der Waals surface area (Å²) < 4.78 is 5.51. The van der Waals surface area contributed by atoms with Crippen molar-refractivity contribution >= 4 is 45.6 Å². The zero-order valence-corrected chi connectivity index (χ0v) is 17.7. The number of amides is 1. The van der Waals surface area contributed by atoms with Crippen LogP contribution in [0.15, 0.2) is 23.6 Å². The number of benzene rings is 1. The lowest BCUT2D eigenvalue weighted by molar-refractivity contribution is -0.118. The van der Waals surface area contributed by atoms with Gasteiger partial charge in [0.2, 0.25) is 0 Å².